The minimum atomic E-state index is 0.717. The van der Waals surface area contributed by atoms with Crippen LogP contribution in [0.25, 0.3) is 0 Å². The van der Waals surface area contributed by atoms with E-state index in [4.69, 9.17) is 5.73 Å². The van der Waals surface area contributed by atoms with Gasteiger partial charge in [0.15, 0.2) is 0 Å². The van der Waals surface area contributed by atoms with Crippen molar-refractivity contribution in [2.24, 2.45) is 0 Å². The summed E-state index contributed by atoms with van der Waals surface area (Å²) in [6.45, 7) is 6.76. The maximum atomic E-state index is 5.86. The second-order valence-electron chi connectivity index (χ2n) is 5.47. The minimum Gasteiger partial charge on any atom is -0.399 e. The second-order valence-corrected chi connectivity index (χ2v) is 6.33. The fourth-order valence-electron chi connectivity index (χ4n) is 2.95. The fourth-order valence-corrected chi connectivity index (χ4v) is 3.32. The molecule has 1 unspecified atom stereocenters. The van der Waals surface area contributed by atoms with E-state index in [0.29, 0.717) is 0 Å². The molecule has 106 valence electrons. The van der Waals surface area contributed by atoms with Crippen molar-refractivity contribution in [1.82, 2.24) is 9.80 Å². The molecule has 0 aromatic heterocycles. The van der Waals surface area contributed by atoms with Crippen molar-refractivity contribution in [3.8, 4) is 0 Å². The first-order valence-corrected chi connectivity index (χ1v) is 7.86. The van der Waals surface area contributed by atoms with Gasteiger partial charge in [0, 0.05) is 29.3 Å². The van der Waals surface area contributed by atoms with Crippen LogP contribution in [0, 0.1) is 0 Å². The Morgan fingerprint density at radius 1 is 1.47 bits per heavy atom. The van der Waals surface area contributed by atoms with Crippen LogP contribution in [0.1, 0.15) is 25.3 Å². The SMILES string of the molecule is CCN1CCCC1CN(C)Cc1cc(N)ccc1Br. The fraction of sp³-hybridized carbons (Fsp3) is 0.600. The van der Waals surface area contributed by atoms with E-state index in [9.17, 15) is 0 Å². The molecule has 0 spiro atoms. The normalized spacial score (nSPS) is 20.3. The molecule has 1 atom stereocenters. The summed E-state index contributed by atoms with van der Waals surface area (Å²) in [4.78, 5) is 4.99. The highest BCUT2D eigenvalue weighted by Crippen LogP contribution is 2.22. The Morgan fingerprint density at radius 3 is 3.00 bits per heavy atom. The molecule has 19 heavy (non-hydrogen) atoms. The number of rotatable bonds is 5. The Balaban J connectivity index is 1.93. The zero-order valence-electron chi connectivity index (χ0n) is 11.9. The van der Waals surface area contributed by atoms with Crippen LogP contribution in [0.5, 0.6) is 0 Å². The molecule has 0 amide bonds. The van der Waals surface area contributed by atoms with E-state index in [0.717, 1.165) is 29.3 Å². The van der Waals surface area contributed by atoms with E-state index >= 15 is 0 Å². The molecule has 1 aliphatic rings. The van der Waals surface area contributed by atoms with Crippen LogP contribution in [0.4, 0.5) is 5.69 Å². The van der Waals surface area contributed by atoms with Gasteiger partial charge in [-0.05, 0) is 56.7 Å². The van der Waals surface area contributed by atoms with Gasteiger partial charge in [-0.1, -0.05) is 22.9 Å². The van der Waals surface area contributed by atoms with Gasteiger partial charge in [0.2, 0.25) is 0 Å². The first kappa shape index (κ1) is 14.8. The lowest BCUT2D eigenvalue weighted by molar-refractivity contribution is 0.194. The quantitative estimate of drug-likeness (QED) is 0.845. The first-order chi connectivity index (χ1) is 9.10. The van der Waals surface area contributed by atoms with Gasteiger partial charge in [-0.15, -0.1) is 0 Å². The number of likely N-dealkylation sites (tertiary alicyclic amines) is 1. The van der Waals surface area contributed by atoms with Gasteiger partial charge in [0.25, 0.3) is 0 Å². The molecule has 4 heteroatoms. The molecule has 0 saturated carbocycles. The summed E-state index contributed by atoms with van der Waals surface area (Å²) < 4.78 is 1.15. The number of likely N-dealkylation sites (N-methyl/N-ethyl adjacent to an activating group) is 2. The highest BCUT2D eigenvalue weighted by Gasteiger charge is 2.24. The Morgan fingerprint density at radius 2 is 2.26 bits per heavy atom. The van der Waals surface area contributed by atoms with Crippen LogP contribution < -0.4 is 5.73 Å². The molecule has 2 N–H and O–H groups in total. The third-order valence-corrected chi connectivity index (χ3v) is 4.71. The molecule has 1 aromatic carbocycles. The maximum Gasteiger partial charge on any atom is 0.0318 e. The molecule has 1 aliphatic heterocycles. The Hall–Kier alpha value is -0.580. The van der Waals surface area contributed by atoms with E-state index < -0.39 is 0 Å². The minimum absolute atomic E-state index is 0.717. The van der Waals surface area contributed by atoms with Crippen molar-refractivity contribution >= 4 is 21.6 Å². The van der Waals surface area contributed by atoms with Crippen molar-refractivity contribution in [3.63, 3.8) is 0 Å². The summed E-state index contributed by atoms with van der Waals surface area (Å²) in [5.41, 5.74) is 7.97. The van der Waals surface area contributed by atoms with Crippen LogP contribution in [-0.2, 0) is 6.54 Å². The summed E-state index contributed by atoms with van der Waals surface area (Å²) in [5.74, 6) is 0. The molecular formula is C15H24BrN3. The third-order valence-electron chi connectivity index (χ3n) is 3.94. The molecular weight excluding hydrogens is 302 g/mol. The lowest BCUT2D eigenvalue weighted by Gasteiger charge is -2.28. The zero-order chi connectivity index (χ0) is 13.8. The summed E-state index contributed by atoms with van der Waals surface area (Å²) in [7, 11) is 2.20. The van der Waals surface area contributed by atoms with Crippen LogP contribution in [-0.4, -0.2) is 42.5 Å². The predicted molar refractivity (Wildman–Crippen MR) is 85.2 cm³/mol. The van der Waals surface area contributed by atoms with Gasteiger partial charge in [-0.2, -0.15) is 0 Å². The molecule has 1 fully saturated rings. The summed E-state index contributed by atoms with van der Waals surface area (Å²) in [6.07, 6.45) is 2.67. The van der Waals surface area contributed by atoms with Crippen molar-refractivity contribution in [1.29, 1.82) is 0 Å². The Kier molecular flexibility index (Phi) is 5.25. The molecule has 0 bridgehead atoms. The smallest absolute Gasteiger partial charge is 0.0318 e. The highest BCUT2D eigenvalue weighted by atomic mass is 79.9. The number of hydrogen-bond acceptors (Lipinski definition) is 3. The van der Waals surface area contributed by atoms with Gasteiger partial charge < -0.3 is 10.6 Å². The molecule has 1 heterocycles. The summed E-state index contributed by atoms with van der Waals surface area (Å²) in [6, 6.07) is 6.75. The molecule has 1 aromatic rings. The van der Waals surface area contributed by atoms with Crippen molar-refractivity contribution in [2.45, 2.75) is 32.4 Å². The first-order valence-electron chi connectivity index (χ1n) is 7.06. The van der Waals surface area contributed by atoms with E-state index in [-0.39, 0.29) is 0 Å². The highest BCUT2D eigenvalue weighted by molar-refractivity contribution is 9.10. The van der Waals surface area contributed by atoms with Crippen molar-refractivity contribution < 1.29 is 0 Å². The number of halogens is 1. The van der Waals surface area contributed by atoms with Crippen molar-refractivity contribution in [2.75, 3.05) is 32.4 Å². The van der Waals surface area contributed by atoms with Crippen molar-refractivity contribution in [3.05, 3.63) is 28.2 Å². The Bertz CT molecular complexity index is 422. The van der Waals surface area contributed by atoms with Crippen LogP contribution in [0.2, 0.25) is 0 Å². The molecule has 0 radical (unpaired) electrons. The van der Waals surface area contributed by atoms with Gasteiger partial charge in [-0.25, -0.2) is 0 Å². The average Bonchev–Trinajstić information content (AvgIpc) is 2.81. The number of benzene rings is 1. The lowest BCUT2D eigenvalue weighted by atomic mass is 10.1. The topological polar surface area (TPSA) is 32.5 Å². The number of nitrogens with two attached hydrogens (primary N) is 1. The molecule has 3 nitrogen and oxygen atoms in total. The van der Waals surface area contributed by atoms with Crippen LogP contribution >= 0.6 is 15.9 Å². The van der Waals surface area contributed by atoms with E-state index in [1.807, 2.05) is 12.1 Å². The predicted octanol–water partition coefficient (Wildman–Crippen LogP) is 2.95. The number of nitrogen functional groups attached to an aromatic ring is 1. The monoisotopic (exact) mass is 325 g/mol. The zero-order valence-corrected chi connectivity index (χ0v) is 13.5. The van der Waals surface area contributed by atoms with Gasteiger partial charge in [0.1, 0.15) is 0 Å². The van der Waals surface area contributed by atoms with E-state index in [1.165, 1.54) is 31.5 Å². The van der Waals surface area contributed by atoms with Gasteiger partial charge in [-0.3, -0.25) is 4.90 Å². The van der Waals surface area contributed by atoms with Crippen LogP contribution in [0.3, 0.4) is 0 Å². The summed E-state index contributed by atoms with van der Waals surface area (Å²) >= 11 is 3.60. The third kappa shape index (κ3) is 3.94. The summed E-state index contributed by atoms with van der Waals surface area (Å²) in [5, 5.41) is 0. The standard InChI is InChI=1S/C15H24BrN3/c1-3-19-8-4-5-14(19)11-18(2)10-12-9-13(17)6-7-15(12)16/h6-7,9,14H,3-5,8,10-11,17H2,1-2H3. The number of anilines is 1. The van der Waals surface area contributed by atoms with Gasteiger partial charge >= 0.3 is 0 Å². The Labute approximate surface area is 124 Å². The van der Waals surface area contributed by atoms with E-state index in [2.05, 4.69) is 45.8 Å². The lowest BCUT2D eigenvalue weighted by Crippen LogP contribution is -2.38. The van der Waals surface area contributed by atoms with Crippen LogP contribution in [0.15, 0.2) is 22.7 Å². The largest absolute Gasteiger partial charge is 0.399 e. The molecule has 2 rings (SSSR count). The average molecular weight is 326 g/mol. The second kappa shape index (κ2) is 6.73. The molecule has 1 saturated heterocycles. The number of nitrogens with zero attached hydrogens (tertiary/aromatic N) is 2. The molecule has 0 aliphatic carbocycles. The maximum absolute atomic E-state index is 5.86. The van der Waals surface area contributed by atoms with E-state index in [1.54, 1.807) is 0 Å². The van der Waals surface area contributed by atoms with Gasteiger partial charge in [0.05, 0.1) is 0 Å². The number of hydrogen-bond donors (Lipinski definition) is 1.